The third-order valence-corrected chi connectivity index (χ3v) is 2.52. The van der Waals surface area contributed by atoms with Crippen molar-refractivity contribution in [1.29, 1.82) is 0 Å². The van der Waals surface area contributed by atoms with Crippen molar-refractivity contribution in [2.45, 2.75) is 12.8 Å². The molecule has 0 amide bonds. The van der Waals surface area contributed by atoms with Crippen molar-refractivity contribution in [2.75, 3.05) is 13.6 Å². The van der Waals surface area contributed by atoms with Gasteiger partial charge in [0.1, 0.15) is 0 Å². The van der Waals surface area contributed by atoms with Gasteiger partial charge >= 0.3 is 0 Å². The molecule has 0 aromatic rings. The van der Waals surface area contributed by atoms with Crippen LogP contribution in [-0.4, -0.2) is 18.5 Å². The molecule has 0 radical (unpaired) electrons. The molecule has 88 valence electrons. The SMILES string of the molecule is C#CC/C=C\C=C1/CC(=C)/C=C\C=C/CN1C. The maximum absolute atomic E-state index is 5.20. The molecule has 17 heavy (non-hydrogen) atoms. The first kappa shape index (κ1) is 13.1. The van der Waals surface area contributed by atoms with Crippen LogP contribution in [0.3, 0.4) is 0 Å². The highest BCUT2D eigenvalue weighted by Crippen LogP contribution is 2.15. The topological polar surface area (TPSA) is 3.24 Å². The van der Waals surface area contributed by atoms with E-state index in [9.17, 15) is 0 Å². The summed E-state index contributed by atoms with van der Waals surface area (Å²) in [7, 11) is 2.09. The molecule has 0 unspecified atom stereocenters. The van der Waals surface area contributed by atoms with Gasteiger partial charge in [0.25, 0.3) is 0 Å². The lowest BCUT2D eigenvalue weighted by molar-refractivity contribution is 0.454. The van der Waals surface area contributed by atoms with Crippen LogP contribution in [0.4, 0.5) is 0 Å². The summed E-state index contributed by atoms with van der Waals surface area (Å²) in [5.74, 6) is 2.59. The van der Waals surface area contributed by atoms with Crippen molar-refractivity contribution in [3.05, 3.63) is 60.4 Å². The van der Waals surface area contributed by atoms with Crippen LogP contribution in [0.5, 0.6) is 0 Å². The van der Waals surface area contributed by atoms with Crippen molar-refractivity contribution < 1.29 is 0 Å². The van der Waals surface area contributed by atoms with E-state index in [2.05, 4.69) is 48.8 Å². The summed E-state index contributed by atoms with van der Waals surface area (Å²) in [6.45, 7) is 4.95. The van der Waals surface area contributed by atoms with Crippen LogP contribution in [0.15, 0.2) is 60.4 Å². The second-order valence-corrected chi connectivity index (χ2v) is 4.00. The molecule has 0 spiro atoms. The number of hydrogen-bond donors (Lipinski definition) is 0. The first-order chi connectivity index (χ1) is 8.24. The lowest BCUT2D eigenvalue weighted by Gasteiger charge is -2.20. The third kappa shape index (κ3) is 5.08. The van der Waals surface area contributed by atoms with Gasteiger partial charge in [-0.2, -0.15) is 0 Å². The van der Waals surface area contributed by atoms with E-state index in [4.69, 9.17) is 6.42 Å². The van der Waals surface area contributed by atoms with Gasteiger partial charge in [0, 0.05) is 32.1 Å². The lowest BCUT2D eigenvalue weighted by Crippen LogP contribution is -2.17. The van der Waals surface area contributed by atoms with Gasteiger partial charge in [-0.1, -0.05) is 43.0 Å². The standard InChI is InChI=1S/C16H19N/c1-4-5-6-9-12-16-14-15(2)11-8-7-10-13-17(16)3/h1,6-12H,2,5,13-14H2,3H3/b9-6-,10-7-,11-8-,16-12+. The van der Waals surface area contributed by atoms with Crippen LogP contribution < -0.4 is 0 Å². The van der Waals surface area contributed by atoms with E-state index in [1.54, 1.807) is 0 Å². The highest BCUT2D eigenvalue weighted by molar-refractivity contribution is 5.28. The third-order valence-electron chi connectivity index (χ3n) is 2.52. The largest absolute Gasteiger partial charge is 0.374 e. The highest BCUT2D eigenvalue weighted by atomic mass is 15.1. The van der Waals surface area contributed by atoms with Crippen LogP contribution in [0.2, 0.25) is 0 Å². The zero-order valence-corrected chi connectivity index (χ0v) is 10.4. The molecule has 1 rings (SSSR count). The number of nitrogens with zero attached hydrogens (tertiary/aromatic N) is 1. The minimum atomic E-state index is 0.675. The molecular weight excluding hydrogens is 206 g/mol. The van der Waals surface area contributed by atoms with Crippen LogP contribution in [-0.2, 0) is 0 Å². The molecule has 1 heterocycles. The Bertz CT molecular complexity index is 413. The Morgan fingerprint density at radius 2 is 2.35 bits per heavy atom. The van der Waals surface area contributed by atoms with Gasteiger partial charge in [-0.25, -0.2) is 0 Å². The van der Waals surface area contributed by atoms with E-state index in [0.717, 1.165) is 18.5 Å². The molecule has 0 aromatic heterocycles. The van der Waals surface area contributed by atoms with Crippen LogP contribution >= 0.6 is 0 Å². The molecule has 0 saturated carbocycles. The Kier molecular flexibility index (Phi) is 5.68. The predicted octanol–water partition coefficient (Wildman–Crippen LogP) is 3.45. The molecule has 0 N–H and O–H groups in total. The minimum absolute atomic E-state index is 0.675. The van der Waals surface area contributed by atoms with E-state index in [1.807, 2.05) is 18.2 Å². The molecular formula is C16H19N. The maximum atomic E-state index is 5.20. The number of likely N-dealkylation sites (N-methyl/N-ethyl adjacent to an activating group) is 1. The van der Waals surface area contributed by atoms with Gasteiger partial charge in [-0.05, 0) is 11.6 Å². The fourth-order valence-electron chi connectivity index (χ4n) is 1.53. The lowest BCUT2D eigenvalue weighted by atomic mass is 10.1. The van der Waals surface area contributed by atoms with Crippen molar-refractivity contribution in [3.63, 3.8) is 0 Å². The quantitative estimate of drug-likeness (QED) is 0.651. The summed E-state index contributed by atoms with van der Waals surface area (Å²) in [5, 5.41) is 0. The van der Waals surface area contributed by atoms with Crippen LogP contribution in [0.25, 0.3) is 0 Å². The first-order valence-corrected chi connectivity index (χ1v) is 5.75. The number of hydrogen-bond acceptors (Lipinski definition) is 1. The summed E-state index contributed by atoms with van der Waals surface area (Å²) in [6.07, 6.45) is 21.1. The fraction of sp³-hybridized carbons (Fsp3) is 0.250. The molecule has 0 bridgehead atoms. The Morgan fingerprint density at radius 3 is 3.12 bits per heavy atom. The highest BCUT2D eigenvalue weighted by Gasteiger charge is 2.04. The minimum Gasteiger partial charge on any atom is -0.374 e. The smallest absolute Gasteiger partial charge is 0.0356 e. The maximum Gasteiger partial charge on any atom is 0.0356 e. The molecule has 1 aliphatic heterocycles. The predicted molar refractivity (Wildman–Crippen MR) is 75.3 cm³/mol. The number of terminal acetylenes is 1. The summed E-state index contributed by atoms with van der Waals surface area (Å²) in [6, 6.07) is 0. The van der Waals surface area contributed by atoms with E-state index >= 15 is 0 Å². The molecule has 0 aromatic carbocycles. The average Bonchev–Trinajstić information content (AvgIpc) is 2.38. The van der Waals surface area contributed by atoms with Gasteiger partial charge in [0.05, 0.1) is 0 Å². The molecule has 0 atom stereocenters. The van der Waals surface area contributed by atoms with Gasteiger partial charge in [-0.15, -0.1) is 12.3 Å². The van der Waals surface area contributed by atoms with Gasteiger partial charge < -0.3 is 4.90 Å². The van der Waals surface area contributed by atoms with Crippen LogP contribution in [0.1, 0.15) is 12.8 Å². The average molecular weight is 225 g/mol. The van der Waals surface area contributed by atoms with E-state index in [-0.39, 0.29) is 0 Å². The van der Waals surface area contributed by atoms with E-state index in [1.165, 1.54) is 5.70 Å². The summed E-state index contributed by atoms with van der Waals surface area (Å²) >= 11 is 0. The second kappa shape index (κ2) is 7.35. The summed E-state index contributed by atoms with van der Waals surface area (Å²) in [4.78, 5) is 2.22. The number of rotatable bonds is 2. The van der Waals surface area contributed by atoms with Crippen molar-refractivity contribution in [3.8, 4) is 12.3 Å². The molecule has 0 aliphatic carbocycles. The zero-order valence-electron chi connectivity index (χ0n) is 10.4. The Balaban J connectivity index is 2.78. The monoisotopic (exact) mass is 225 g/mol. The van der Waals surface area contributed by atoms with Crippen molar-refractivity contribution in [1.82, 2.24) is 4.90 Å². The molecule has 1 nitrogen and oxygen atoms in total. The molecule has 1 aliphatic rings. The van der Waals surface area contributed by atoms with Gasteiger partial charge in [0.15, 0.2) is 0 Å². The van der Waals surface area contributed by atoms with Gasteiger partial charge in [0.2, 0.25) is 0 Å². The fourth-order valence-corrected chi connectivity index (χ4v) is 1.53. The molecule has 1 heteroatoms. The Morgan fingerprint density at radius 1 is 1.53 bits per heavy atom. The summed E-state index contributed by atoms with van der Waals surface area (Å²) in [5.41, 5.74) is 2.36. The molecule has 0 fully saturated rings. The van der Waals surface area contributed by atoms with Gasteiger partial charge in [-0.3, -0.25) is 0 Å². The summed E-state index contributed by atoms with van der Waals surface area (Å²) < 4.78 is 0. The molecule has 0 saturated heterocycles. The number of allylic oxidation sites excluding steroid dienone is 7. The Labute approximate surface area is 105 Å². The zero-order chi connectivity index (χ0) is 12.5. The van der Waals surface area contributed by atoms with E-state index in [0.29, 0.717) is 6.42 Å². The Hall–Kier alpha value is -1.94. The van der Waals surface area contributed by atoms with E-state index < -0.39 is 0 Å². The van der Waals surface area contributed by atoms with Crippen molar-refractivity contribution >= 4 is 0 Å². The normalized spacial score (nSPS) is 22.9. The second-order valence-electron chi connectivity index (χ2n) is 4.00. The first-order valence-electron chi connectivity index (χ1n) is 5.75. The van der Waals surface area contributed by atoms with Crippen LogP contribution in [0, 0.1) is 12.3 Å². The van der Waals surface area contributed by atoms with Crippen molar-refractivity contribution in [2.24, 2.45) is 0 Å².